The van der Waals surface area contributed by atoms with Crippen molar-refractivity contribution in [1.82, 2.24) is 19.9 Å². The minimum Gasteiger partial charge on any atom is -0.355 e. The molecule has 0 saturated carbocycles. The molecule has 0 spiro atoms. The first-order valence-corrected chi connectivity index (χ1v) is 15.7. The van der Waals surface area contributed by atoms with Crippen LogP contribution in [0.2, 0.25) is 0 Å². The van der Waals surface area contributed by atoms with E-state index in [1.165, 1.54) is 66.6 Å². The molecule has 4 nitrogen and oxygen atoms in total. The number of aromatic amines is 2. The Labute approximate surface area is 256 Å². The Balaban J connectivity index is 0.00000387. The summed E-state index contributed by atoms with van der Waals surface area (Å²) in [4.78, 5) is 18.2. The number of H-pyrrole nitrogens is 2. The first kappa shape index (κ1) is 31.0. The van der Waals surface area contributed by atoms with E-state index in [0.29, 0.717) is 0 Å². The quantitative estimate of drug-likeness (QED) is 0.256. The monoisotopic (exact) mass is 592 g/mol. The fourth-order valence-corrected chi connectivity index (χ4v) is 7.10. The van der Waals surface area contributed by atoms with E-state index in [4.69, 9.17) is 9.97 Å². The molecule has 3 aromatic heterocycles. The van der Waals surface area contributed by atoms with E-state index < -0.39 is 0 Å². The Bertz CT molecular complexity index is 1440. The molecular formula is C36H46N4Ni. The number of fused-ring (bicyclic) bond motifs is 8. The van der Waals surface area contributed by atoms with Crippen molar-refractivity contribution in [2.24, 2.45) is 0 Å². The van der Waals surface area contributed by atoms with Crippen molar-refractivity contribution in [3.8, 4) is 0 Å². The summed E-state index contributed by atoms with van der Waals surface area (Å²) in [5.41, 5.74) is 20.2. The summed E-state index contributed by atoms with van der Waals surface area (Å²) in [6.07, 6.45) is 7.84. The summed E-state index contributed by atoms with van der Waals surface area (Å²) >= 11 is 0. The summed E-state index contributed by atoms with van der Waals surface area (Å²) in [6, 6.07) is 9.24. The summed E-state index contributed by atoms with van der Waals surface area (Å²) in [5.74, 6) is 0. The minimum absolute atomic E-state index is 0. The predicted octanol–water partition coefficient (Wildman–Crippen LogP) is 10.0. The third-order valence-electron chi connectivity index (χ3n) is 8.97. The van der Waals surface area contributed by atoms with Crippen LogP contribution in [0.3, 0.4) is 0 Å². The molecule has 0 aliphatic carbocycles. The van der Waals surface area contributed by atoms with E-state index in [2.05, 4.69) is 89.6 Å². The molecule has 0 amide bonds. The Morgan fingerprint density at radius 2 is 0.610 bits per heavy atom. The van der Waals surface area contributed by atoms with Gasteiger partial charge in [-0.1, -0.05) is 55.4 Å². The van der Waals surface area contributed by atoms with Gasteiger partial charge in [-0.25, -0.2) is 9.97 Å². The zero-order chi connectivity index (χ0) is 28.6. The molecule has 2 aliphatic rings. The normalized spacial score (nSPS) is 13.3. The van der Waals surface area contributed by atoms with Crippen LogP contribution in [-0.2, 0) is 42.2 Å². The number of hydrogen-bond acceptors (Lipinski definition) is 2. The van der Waals surface area contributed by atoms with Crippen molar-refractivity contribution in [2.75, 3.05) is 0 Å². The maximum atomic E-state index is 5.29. The Morgan fingerprint density at radius 1 is 0.390 bits per heavy atom. The second kappa shape index (κ2) is 12.9. The molecule has 220 valence electrons. The smallest absolute Gasteiger partial charge is 0.0693 e. The number of allylic oxidation sites excluding steroid dienone is 4. The summed E-state index contributed by atoms with van der Waals surface area (Å²) in [7, 11) is 0. The molecule has 0 saturated heterocycles. The fraction of sp³-hybridized carbons (Fsp3) is 0.444. The van der Waals surface area contributed by atoms with Crippen molar-refractivity contribution >= 4 is 44.4 Å². The number of aryl methyl sites for hydroxylation is 4. The van der Waals surface area contributed by atoms with Crippen molar-refractivity contribution in [3.63, 3.8) is 0 Å². The maximum Gasteiger partial charge on any atom is 0.0693 e. The minimum atomic E-state index is 0. The largest absolute Gasteiger partial charge is 0.355 e. The third-order valence-corrected chi connectivity index (χ3v) is 8.97. The molecule has 0 aromatic carbocycles. The zero-order valence-corrected chi connectivity index (χ0v) is 27.2. The predicted molar refractivity (Wildman–Crippen MR) is 173 cm³/mol. The molecule has 41 heavy (non-hydrogen) atoms. The molecule has 5 heteroatoms. The van der Waals surface area contributed by atoms with Gasteiger partial charge in [0.25, 0.3) is 0 Å². The van der Waals surface area contributed by atoms with Crippen LogP contribution in [0.15, 0.2) is 24.3 Å². The second-order valence-electron chi connectivity index (χ2n) is 10.9. The summed E-state index contributed by atoms with van der Waals surface area (Å²) in [6.45, 7) is 18.1. The van der Waals surface area contributed by atoms with E-state index in [9.17, 15) is 0 Å². The number of nitrogens with zero attached hydrogens (tertiary/aromatic N) is 2. The molecule has 8 bridgehead atoms. The van der Waals surface area contributed by atoms with Gasteiger partial charge in [0.15, 0.2) is 0 Å². The molecule has 5 rings (SSSR count). The van der Waals surface area contributed by atoms with Gasteiger partial charge in [0, 0.05) is 38.6 Å². The van der Waals surface area contributed by atoms with Crippen molar-refractivity contribution < 1.29 is 16.5 Å². The summed E-state index contributed by atoms with van der Waals surface area (Å²) in [5, 5.41) is 0. The van der Waals surface area contributed by atoms with Gasteiger partial charge in [0.2, 0.25) is 0 Å². The first-order chi connectivity index (χ1) is 19.5. The van der Waals surface area contributed by atoms with Crippen LogP contribution in [0.4, 0.5) is 0 Å². The zero-order valence-electron chi connectivity index (χ0n) is 26.2. The van der Waals surface area contributed by atoms with E-state index in [1.54, 1.807) is 0 Å². The van der Waals surface area contributed by atoms with E-state index in [0.717, 1.165) is 74.1 Å². The van der Waals surface area contributed by atoms with Gasteiger partial charge in [0.1, 0.15) is 0 Å². The fourth-order valence-electron chi connectivity index (χ4n) is 7.10. The van der Waals surface area contributed by atoms with Gasteiger partial charge in [-0.15, -0.1) is 0 Å². The molecule has 2 N–H and O–H groups in total. The molecule has 0 radical (unpaired) electrons. The van der Waals surface area contributed by atoms with Crippen LogP contribution in [0, 0.1) is 0 Å². The van der Waals surface area contributed by atoms with Gasteiger partial charge in [-0.3, -0.25) is 0 Å². The van der Waals surface area contributed by atoms with E-state index >= 15 is 0 Å². The molecule has 0 unspecified atom stereocenters. The van der Waals surface area contributed by atoms with Crippen LogP contribution in [0.1, 0.15) is 126 Å². The topological polar surface area (TPSA) is 57.4 Å². The Hall–Kier alpha value is -2.91. The molecule has 0 fully saturated rings. The Kier molecular flexibility index (Phi) is 9.80. The van der Waals surface area contributed by atoms with Crippen molar-refractivity contribution in [3.05, 3.63) is 69.3 Å². The van der Waals surface area contributed by atoms with Crippen LogP contribution >= 0.6 is 0 Å². The van der Waals surface area contributed by atoms with E-state index in [-0.39, 0.29) is 16.5 Å². The molecule has 0 atom stereocenters. The number of aromatic nitrogens is 4. The maximum absolute atomic E-state index is 5.29. The van der Waals surface area contributed by atoms with Crippen molar-refractivity contribution in [2.45, 2.75) is 107 Å². The molecule has 3 aromatic rings. The molecule has 5 heterocycles. The average Bonchev–Trinajstić information content (AvgIpc) is 3.67. The van der Waals surface area contributed by atoms with Gasteiger partial charge in [-0.05, 0) is 120 Å². The first-order valence-electron chi connectivity index (χ1n) is 15.7. The van der Waals surface area contributed by atoms with Crippen LogP contribution in [-0.4, -0.2) is 19.9 Å². The number of nitrogens with one attached hydrogen (secondary N) is 2. The molecular weight excluding hydrogens is 547 g/mol. The Morgan fingerprint density at radius 3 is 0.780 bits per heavy atom. The number of hydrogen-bond donors (Lipinski definition) is 2. The van der Waals surface area contributed by atoms with Crippen LogP contribution < -0.4 is 0 Å². The van der Waals surface area contributed by atoms with Crippen molar-refractivity contribution in [1.29, 1.82) is 0 Å². The second-order valence-corrected chi connectivity index (χ2v) is 10.9. The third kappa shape index (κ3) is 5.27. The van der Waals surface area contributed by atoms with Gasteiger partial charge in [0.05, 0.1) is 22.8 Å². The molecule has 2 aliphatic heterocycles. The van der Waals surface area contributed by atoms with Gasteiger partial charge in [-0.2, -0.15) is 0 Å². The van der Waals surface area contributed by atoms with E-state index in [1.807, 2.05) is 0 Å². The number of rotatable bonds is 8. The average molecular weight is 593 g/mol. The SMILES string of the molecule is CCC1=C(CC)c2cc3[nH]c(cc4nc(cc5[nH]c(cc1n2)c(CC)c5CC)C(CC)=C4CC)c(CC)c3CC.[Ni]. The summed E-state index contributed by atoms with van der Waals surface area (Å²) < 4.78 is 0. The van der Waals surface area contributed by atoms with Gasteiger partial charge < -0.3 is 9.97 Å². The van der Waals surface area contributed by atoms with Crippen LogP contribution in [0.25, 0.3) is 44.4 Å². The van der Waals surface area contributed by atoms with Crippen LogP contribution in [0.5, 0.6) is 0 Å². The standard InChI is InChI=1S/C36H46N4.Ni/c1-9-21-22(10-2)30-18-32-25(13-5)26(14-6)34(39-32)20-36-28(16-8)27(15-7)35(40-36)19-33-24(12-4)23(11-3)31(38-33)17-29(21)37-30;/h17-20,37,40H,9-16H2,1-8H3;. The van der Waals surface area contributed by atoms with Gasteiger partial charge >= 0.3 is 0 Å².